The lowest BCUT2D eigenvalue weighted by atomic mass is 9.92. The van der Waals surface area contributed by atoms with Gasteiger partial charge in [-0.2, -0.15) is 35.3 Å². The van der Waals surface area contributed by atoms with Crippen molar-refractivity contribution in [1.29, 1.82) is 0 Å². The zero-order valence-electron chi connectivity index (χ0n) is 19.6. The van der Waals surface area contributed by atoms with Crippen molar-refractivity contribution in [3.05, 3.63) is 34.4 Å². The van der Waals surface area contributed by atoms with Gasteiger partial charge in [0.15, 0.2) is 0 Å². The molecule has 0 atom stereocenters. The summed E-state index contributed by atoms with van der Waals surface area (Å²) in [6, 6.07) is 5.31. The first-order chi connectivity index (χ1) is 15.4. The Balaban J connectivity index is 1.70. The summed E-state index contributed by atoms with van der Waals surface area (Å²) in [4.78, 5) is 0. The molecule has 1 heterocycles. The summed E-state index contributed by atoms with van der Waals surface area (Å²) in [5.41, 5.74) is 6.70. The average Bonchev–Trinajstić information content (AvgIpc) is 2.79. The third kappa shape index (κ3) is 11.1. The first-order valence-corrected chi connectivity index (χ1v) is 17.5. The van der Waals surface area contributed by atoms with Crippen LogP contribution in [0.5, 0.6) is 0 Å². The first-order valence-electron chi connectivity index (χ1n) is 12.9. The Bertz CT molecular complexity index is 550. The Hall–Kier alpha value is 0.620. The largest absolute Gasteiger partial charge is 0.161 e. The summed E-state index contributed by atoms with van der Waals surface area (Å²) >= 11 is 8.63. The van der Waals surface area contributed by atoms with E-state index in [-0.39, 0.29) is 0 Å². The molecule has 0 saturated carbocycles. The van der Waals surface area contributed by atoms with E-state index in [9.17, 15) is 0 Å². The highest BCUT2D eigenvalue weighted by atomic mass is 32.2. The number of fused-ring (bicyclic) bond motifs is 2. The minimum Gasteiger partial charge on any atom is -0.161 e. The number of benzene rings is 1. The van der Waals surface area contributed by atoms with Crippen LogP contribution in [0.4, 0.5) is 0 Å². The number of rotatable bonds is 0. The fraction of sp³-hybridized carbons (Fsp3) is 0.778. The van der Waals surface area contributed by atoms with Crippen LogP contribution in [0.2, 0.25) is 0 Å². The minimum absolute atomic E-state index is 1.21. The summed E-state index contributed by atoms with van der Waals surface area (Å²) in [5, 5.41) is 1.26. The van der Waals surface area contributed by atoms with Gasteiger partial charge in [-0.05, 0) is 65.9 Å². The molecule has 31 heavy (non-hydrogen) atoms. The van der Waals surface area contributed by atoms with Gasteiger partial charge in [0.25, 0.3) is 0 Å². The van der Waals surface area contributed by atoms with Gasteiger partial charge in [-0.3, -0.25) is 0 Å². The van der Waals surface area contributed by atoms with Gasteiger partial charge in [-0.15, -0.1) is 11.8 Å². The molecular weight excluding hydrogens is 453 g/mol. The summed E-state index contributed by atoms with van der Waals surface area (Å²) < 4.78 is 0. The van der Waals surface area contributed by atoms with E-state index in [2.05, 4.69) is 59.2 Å². The molecule has 4 heteroatoms. The van der Waals surface area contributed by atoms with Crippen LogP contribution in [0.15, 0.2) is 12.1 Å². The monoisotopic (exact) mass is 496 g/mol. The van der Waals surface area contributed by atoms with Crippen LogP contribution in [0.25, 0.3) is 0 Å². The summed E-state index contributed by atoms with van der Waals surface area (Å²) in [5.74, 6) is 7.75. The normalized spacial score (nSPS) is 22.2. The van der Waals surface area contributed by atoms with Crippen LogP contribution >= 0.6 is 47.0 Å². The highest BCUT2D eigenvalue weighted by Gasteiger charge is 2.12. The van der Waals surface area contributed by atoms with Gasteiger partial charge in [0.1, 0.15) is 0 Å². The molecule has 0 fully saturated rings. The smallest absolute Gasteiger partial charge is 0.0395 e. The lowest BCUT2D eigenvalue weighted by Gasteiger charge is -2.17. The fourth-order valence-electron chi connectivity index (χ4n) is 4.68. The zero-order valence-corrected chi connectivity index (χ0v) is 22.9. The molecule has 2 aliphatic rings. The van der Waals surface area contributed by atoms with E-state index < -0.39 is 0 Å². The molecule has 176 valence electrons. The minimum atomic E-state index is 1.21. The molecule has 0 aromatic heterocycles. The highest BCUT2D eigenvalue weighted by Crippen LogP contribution is 2.30. The second kappa shape index (κ2) is 17.1. The molecule has 0 N–H and O–H groups in total. The third-order valence-electron chi connectivity index (χ3n) is 6.55. The van der Waals surface area contributed by atoms with Crippen molar-refractivity contribution in [3.63, 3.8) is 0 Å². The van der Waals surface area contributed by atoms with Crippen LogP contribution in [0.1, 0.15) is 99.3 Å². The van der Waals surface area contributed by atoms with E-state index in [4.69, 9.17) is 0 Å². The predicted octanol–water partition coefficient (Wildman–Crippen LogP) is 9.37. The van der Waals surface area contributed by atoms with Crippen molar-refractivity contribution in [3.8, 4) is 0 Å². The standard InChI is InChI=1S/C27H44S4/c1-2-4-6-8-10-13-24-19-26-21-29-18-17-28-15-12-16-30-23-31-22-27(26)20-25(24)14-11-9-7-5-3-1/h19-20H,1-18,21-23H2. The molecule has 1 aromatic carbocycles. The molecule has 0 amide bonds. The molecule has 3 rings (SSSR count). The number of hydrogen-bond acceptors (Lipinski definition) is 4. The van der Waals surface area contributed by atoms with Crippen LogP contribution in [-0.4, -0.2) is 28.1 Å². The van der Waals surface area contributed by atoms with Crippen molar-refractivity contribution in [2.75, 3.05) is 28.1 Å². The van der Waals surface area contributed by atoms with E-state index in [1.165, 1.54) is 129 Å². The van der Waals surface area contributed by atoms with Crippen molar-refractivity contribution in [1.82, 2.24) is 0 Å². The second-order valence-corrected chi connectivity index (χ2v) is 14.0. The van der Waals surface area contributed by atoms with Gasteiger partial charge < -0.3 is 0 Å². The summed E-state index contributed by atoms with van der Waals surface area (Å²) in [7, 11) is 0. The van der Waals surface area contributed by atoms with E-state index in [1.54, 1.807) is 22.3 Å². The summed E-state index contributed by atoms with van der Waals surface area (Å²) in [6.07, 6.45) is 19.9. The van der Waals surface area contributed by atoms with Crippen LogP contribution < -0.4 is 0 Å². The van der Waals surface area contributed by atoms with E-state index in [1.807, 2.05) is 0 Å². The van der Waals surface area contributed by atoms with Gasteiger partial charge in [0.05, 0.1) is 0 Å². The highest BCUT2D eigenvalue weighted by molar-refractivity contribution is 8.15. The number of aryl methyl sites for hydroxylation is 2. The average molecular weight is 497 g/mol. The zero-order chi connectivity index (χ0) is 21.4. The Morgan fingerprint density at radius 2 is 0.871 bits per heavy atom. The van der Waals surface area contributed by atoms with E-state index in [0.717, 1.165) is 0 Å². The SMILES string of the molecule is c1c2c(cc3c1CSCCSCCCSCSC3)CCCCCCCCCCCCC2. The van der Waals surface area contributed by atoms with Gasteiger partial charge in [0.2, 0.25) is 0 Å². The van der Waals surface area contributed by atoms with Gasteiger partial charge >= 0.3 is 0 Å². The maximum absolute atomic E-state index is 2.66. The molecule has 1 aromatic rings. The molecule has 0 spiro atoms. The molecule has 0 saturated heterocycles. The molecule has 0 bridgehead atoms. The summed E-state index contributed by atoms with van der Waals surface area (Å²) in [6.45, 7) is 0. The Kier molecular flexibility index (Phi) is 14.5. The molecule has 1 aliphatic carbocycles. The molecule has 0 radical (unpaired) electrons. The predicted molar refractivity (Wildman–Crippen MR) is 151 cm³/mol. The number of hydrogen-bond donors (Lipinski definition) is 0. The maximum atomic E-state index is 2.66. The molecule has 0 unspecified atom stereocenters. The maximum Gasteiger partial charge on any atom is 0.0395 e. The fourth-order valence-corrected chi connectivity index (χ4v) is 9.11. The van der Waals surface area contributed by atoms with Crippen molar-refractivity contribution in [2.45, 2.75) is 101 Å². The molecular formula is C27H44S4. The Morgan fingerprint density at radius 1 is 0.387 bits per heavy atom. The lowest BCUT2D eigenvalue weighted by Crippen LogP contribution is -2.03. The molecule has 1 aliphatic heterocycles. The van der Waals surface area contributed by atoms with Gasteiger partial charge in [-0.25, -0.2) is 0 Å². The third-order valence-corrected chi connectivity index (χ3v) is 11.3. The van der Waals surface area contributed by atoms with Crippen LogP contribution in [0.3, 0.4) is 0 Å². The van der Waals surface area contributed by atoms with Gasteiger partial charge in [0, 0.05) is 28.1 Å². The number of thioether (sulfide) groups is 4. The van der Waals surface area contributed by atoms with Crippen LogP contribution in [0, 0.1) is 0 Å². The second-order valence-electron chi connectivity index (χ2n) is 9.17. The lowest BCUT2D eigenvalue weighted by molar-refractivity contribution is 0.549. The first kappa shape index (κ1) is 26.2. The Labute approximate surface area is 210 Å². The quantitative estimate of drug-likeness (QED) is 0.350. The van der Waals surface area contributed by atoms with Crippen molar-refractivity contribution >= 4 is 47.0 Å². The Morgan fingerprint density at radius 3 is 1.48 bits per heavy atom. The van der Waals surface area contributed by atoms with E-state index in [0.29, 0.717) is 0 Å². The van der Waals surface area contributed by atoms with Crippen molar-refractivity contribution in [2.24, 2.45) is 0 Å². The topological polar surface area (TPSA) is 0 Å². The van der Waals surface area contributed by atoms with Crippen molar-refractivity contribution < 1.29 is 0 Å². The van der Waals surface area contributed by atoms with E-state index >= 15 is 0 Å². The van der Waals surface area contributed by atoms with Gasteiger partial charge in [-0.1, -0.05) is 69.9 Å². The van der Waals surface area contributed by atoms with Crippen LogP contribution in [-0.2, 0) is 24.3 Å². The molecule has 0 nitrogen and oxygen atoms in total.